The van der Waals surface area contributed by atoms with Crippen LogP contribution in [0.5, 0.6) is 0 Å². The Labute approximate surface area is 168 Å². The summed E-state index contributed by atoms with van der Waals surface area (Å²) in [6.07, 6.45) is 8.84. The van der Waals surface area contributed by atoms with Crippen molar-refractivity contribution in [2.75, 3.05) is 33.7 Å². The SMILES string of the molecule is CNC(=O)N1CCC=C(C2=C3NN=C4C=Cc5cc(F)cc(c54)C3=CN(C)C2)C1. The normalized spacial score (nSPS) is 19.6. The summed E-state index contributed by atoms with van der Waals surface area (Å²) in [7, 11) is 3.66. The summed E-state index contributed by atoms with van der Waals surface area (Å²) in [5.41, 5.74) is 10.7. The van der Waals surface area contributed by atoms with Crippen LogP contribution in [-0.2, 0) is 0 Å². The number of rotatable bonds is 1. The van der Waals surface area contributed by atoms with Gasteiger partial charge in [-0.15, -0.1) is 0 Å². The van der Waals surface area contributed by atoms with Gasteiger partial charge >= 0.3 is 6.03 Å². The summed E-state index contributed by atoms with van der Waals surface area (Å²) in [6, 6.07) is 3.06. The van der Waals surface area contributed by atoms with E-state index in [0.29, 0.717) is 19.6 Å². The Kier molecular flexibility index (Phi) is 4.04. The first-order valence-electron chi connectivity index (χ1n) is 9.73. The molecule has 29 heavy (non-hydrogen) atoms. The third-order valence-corrected chi connectivity index (χ3v) is 5.76. The Morgan fingerprint density at radius 1 is 1.28 bits per heavy atom. The molecule has 6 nitrogen and oxygen atoms in total. The second kappa shape index (κ2) is 6.62. The van der Waals surface area contributed by atoms with Gasteiger partial charge in [-0.3, -0.25) is 5.43 Å². The maximum atomic E-state index is 14.4. The van der Waals surface area contributed by atoms with E-state index in [1.54, 1.807) is 19.2 Å². The molecule has 0 unspecified atom stereocenters. The fourth-order valence-electron chi connectivity index (χ4n) is 4.43. The van der Waals surface area contributed by atoms with Crippen LogP contribution in [0.15, 0.2) is 52.4 Å². The zero-order chi connectivity index (χ0) is 20.1. The van der Waals surface area contributed by atoms with Crippen molar-refractivity contribution in [2.24, 2.45) is 5.10 Å². The Morgan fingerprint density at radius 2 is 2.14 bits per heavy atom. The molecule has 0 atom stereocenters. The molecule has 1 aromatic carbocycles. The Hall–Kier alpha value is -3.35. The molecule has 2 amide bonds. The van der Waals surface area contributed by atoms with Gasteiger partial charge in [-0.05, 0) is 41.3 Å². The molecule has 5 rings (SSSR count). The van der Waals surface area contributed by atoms with Crippen LogP contribution in [0.25, 0.3) is 11.6 Å². The van der Waals surface area contributed by atoms with Crippen molar-refractivity contribution in [3.05, 3.63) is 69.8 Å². The number of carbonyl (C=O) groups excluding carboxylic acids is 1. The second-order valence-electron chi connectivity index (χ2n) is 7.67. The number of urea groups is 1. The molecule has 0 spiro atoms. The molecule has 0 saturated heterocycles. The van der Waals surface area contributed by atoms with Crippen molar-refractivity contribution in [1.82, 2.24) is 20.5 Å². The van der Waals surface area contributed by atoms with Crippen molar-refractivity contribution in [2.45, 2.75) is 6.42 Å². The highest BCUT2D eigenvalue weighted by molar-refractivity contribution is 6.20. The molecule has 0 saturated carbocycles. The first-order chi connectivity index (χ1) is 14.0. The number of nitrogens with zero attached hydrogens (tertiary/aromatic N) is 3. The van der Waals surface area contributed by atoms with E-state index in [0.717, 1.165) is 51.2 Å². The number of benzene rings is 1. The minimum Gasteiger partial charge on any atom is -0.375 e. The smallest absolute Gasteiger partial charge is 0.317 e. The number of amides is 2. The third kappa shape index (κ3) is 2.85. The highest BCUT2D eigenvalue weighted by atomic mass is 19.1. The average molecular weight is 391 g/mol. The Balaban J connectivity index is 1.64. The number of carbonyl (C=O) groups is 1. The number of likely N-dealkylation sites (N-methyl/N-ethyl adjacent to an activating group) is 1. The van der Waals surface area contributed by atoms with Crippen LogP contribution in [-0.4, -0.2) is 55.3 Å². The average Bonchev–Trinajstić information content (AvgIpc) is 3.06. The largest absolute Gasteiger partial charge is 0.375 e. The maximum absolute atomic E-state index is 14.4. The maximum Gasteiger partial charge on any atom is 0.317 e. The van der Waals surface area contributed by atoms with Crippen molar-refractivity contribution in [1.29, 1.82) is 0 Å². The molecular formula is C22H22FN5O. The number of halogens is 1. The monoisotopic (exact) mass is 391 g/mol. The fraction of sp³-hybridized carbons (Fsp3) is 0.273. The molecule has 3 aliphatic heterocycles. The molecule has 4 aliphatic rings. The lowest BCUT2D eigenvalue weighted by Crippen LogP contribution is -2.42. The summed E-state index contributed by atoms with van der Waals surface area (Å²) < 4.78 is 14.4. The number of allylic oxidation sites excluding steroid dienone is 2. The number of hydrogen-bond donors (Lipinski definition) is 2. The van der Waals surface area contributed by atoms with Gasteiger partial charge < -0.3 is 15.1 Å². The Bertz CT molecular complexity index is 1080. The van der Waals surface area contributed by atoms with E-state index in [4.69, 9.17) is 0 Å². The molecule has 148 valence electrons. The fourth-order valence-corrected chi connectivity index (χ4v) is 4.43. The van der Waals surface area contributed by atoms with E-state index in [-0.39, 0.29) is 11.8 Å². The zero-order valence-electron chi connectivity index (χ0n) is 16.4. The van der Waals surface area contributed by atoms with E-state index in [2.05, 4.69) is 26.8 Å². The predicted octanol–water partition coefficient (Wildman–Crippen LogP) is 2.67. The summed E-state index contributed by atoms with van der Waals surface area (Å²) in [5.74, 6) is -0.260. The van der Waals surface area contributed by atoms with Crippen LogP contribution in [0.3, 0.4) is 0 Å². The van der Waals surface area contributed by atoms with Gasteiger partial charge in [0.2, 0.25) is 0 Å². The van der Waals surface area contributed by atoms with Crippen molar-refractivity contribution >= 4 is 23.4 Å². The van der Waals surface area contributed by atoms with Crippen LogP contribution >= 0.6 is 0 Å². The molecule has 2 N–H and O–H groups in total. The quantitative estimate of drug-likeness (QED) is 0.774. The summed E-state index contributed by atoms with van der Waals surface area (Å²) in [6.45, 7) is 1.93. The predicted molar refractivity (Wildman–Crippen MR) is 111 cm³/mol. The van der Waals surface area contributed by atoms with Crippen molar-refractivity contribution < 1.29 is 9.18 Å². The van der Waals surface area contributed by atoms with Gasteiger partial charge in [0.05, 0.1) is 11.4 Å². The van der Waals surface area contributed by atoms with Crippen LogP contribution in [0.2, 0.25) is 0 Å². The van der Waals surface area contributed by atoms with E-state index < -0.39 is 0 Å². The second-order valence-corrected chi connectivity index (χ2v) is 7.67. The van der Waals surface area contributed by atoms with Gasteiger partial charge in [0.15, 0.2) is 0 Å². The van der Waals surface area contributed by atoms with E-state index >= 15 is 0 Å². The zero-order valence-corrected chi connectivity index (χ0v) is 16.4. The van der Waals surface area contributed by atoms with E-state index in [1.807, 2.05) is 30.3 Å². The molecule has 3 heterocycles. The molecule has 0 fully saturated rings. The number of fused-ring (bicyclic) bond motifs is 2. The van der Waals surface area contributed by atoms with E-state index in [1.165, 1.54) is 0 Å². The third-order valence-electron chi connectivity index (χ3n) is 5.76. The lowest BCUT2D eigenvalue weighted by molar-refractivity contribution is 0.203. The molecule has 1 aliphatic carbocycles. The van der Waals surface area contributed by atoms with Gasteiger partial charge in [0.1, 0.15) is 5.82 Å². The summed E-state index contributed by atoms with van der Waals surface area (Å²) in [5, 5.41) is 7.32. The van der Waals surface area contributed by atoms with Gasteiger partial charge in [-0.25, -0.2) is 9.18 Å². The van der Waals surface area contributed by atoms with Crippen molar-refractivity contribution in [3.8, 4) is 0 Å². The van der Waals surface area contributed by atoms with Gasteiger partial charge in [-0.1, -0.05) is 12.2 Å². The number of hydrogen-bond acceptors (Lipinski definition) is 4. The van der Waals surface area contributed by atoms with E-state index in [9.17, 15) is 9.18 Å². The topological polar surface area (TPSA) is 60.0 Å². The molecule has 0 bridgehead atoms. The first kappa shape index (κ1) is 17.7. The highest BCUT2D eigenvalue weighted by Gasteiger charge is 2.31. The van der Waals surface area contributed by atoms with Crippen LogP contribution in [0.1, 0.15) is 23.1 Å². The Morgan fingerprint density at radius 3 is 2.97 bits per heavy atom. The highest BCUT2D eigenvalue weighted by Crippen LogP contribution is 2.39. The van der Waals surface area contributed by atoms with Crippen LogP contribution in [0.4, 0.5) is 9.18 Å². The summed E-state index contributed by atoms with van der Waals surface area (Å²) >= 11 is 0. The minimum atomic E-state index is -0.260. The van der Waals surface area contributed by atoms with Crippen molar-refractivity contribution in [3.63, 3.8) is 0 Å². The lowest BCUT2D eigenvalue weighted by atomic mass is 9.88. The van der Waals surface area contributed by atoms with Crippen LogP contribution < -0.4 is 10.7 Å². The first-order valence-corrected chi connectivity index (χ1v) is 9.73. The van der Waals surface area contributed by atoms with Gasteiger partial charge in [-0.2, -0.15) is 5.10 Å². The standard InChI is InChI=1S/C22H22FN5O/c1-24-22(29)28-7-3-4-14(10-28)17-11-27(2)12-18-16-9-15(23)8-13-5-6-19(20(13)16)25-26-21(17)18/h4-6,8-9,12,26H,3,7,10-11H2,1-2H3,(H,24,29). The molecule has 1 aromatic rings. The van der Waals surface area contributed by atoms with Gasteiger partial charge in [0.25, 0.3) is 0 Å². The van der Waals surface area contributed by atoms with Crippen LogP contribution in [0, 0.1) is 5.82 Å². The van der Waals surface area contributed by atoms with Gasteiger partial charge in [0, 0.05) is 56.6 Å². The lowest BCUT2D eigenvalue weighted by Gasteiger charge is -2.33. The molecular weight excluding hydrogens is 369 g/mol. The summed E-state index contributed by atoms with van der Waals surface area (Å²) in [4.78, 5) is 16.1. The molecule has 0 radical (unpaired) electrons. The molecule has 7 heteroatoms. The number of hydrazone groups is 1. The molecule has 0 aromatic heterocycles. The number of nitrogens with one attached hydrogen (secondary N) is 2. The minimum absolute atomic E-state index is 0.0770.